The molecule has 25 heavy (non-hydrogen) atoms. The minimum absolute atomic E-state index is 0.124. The van der Waals surface area contributed by atoms with Gasteiger partial charge in [0.25, 0.3) is 11.8 Å². The summed E-state index contributed by atoms with van der Waals surface area (Å²) in [7, 11) is -2.17. The summed E-state index contributed by atoms with van der Waals surface area (Å²) in [6.45, 7) is 1.63. The number of hydrogen-bond acceptors (Lipinski definition) is 5. The SMILES string of the molecule is CNS(=O)(=O)c1ccc(/C=C/C(=O)NNC(=O)c2ccoc2C)cc1. The largest absolute Gasteiger partial charge is 0.469 e. The Kier molecular flexibility index (Phi) is 5.73. The number of carbonyl (C=O) groups is 2. The molecule has 1 aromatic carbocycles. The molecule has 0 aliphatic carbocycles. The number of amides is 2. The Morgan fingerprint density at radius 3 is 2.32 bits per heavy atom. The van der Waals surface area contributed by atoms with E-state index in [9.17, 15) is 18.0 Å². The minimum atomic E-state index is -3.50. The van der Waals surface area contributed by atoms with Crippen molar-refractivity contribution >= 4 is 27.9 Å². The van der Waals surface area contributed by atoms with Crippen LogP contribution in [0.25, 0.3) is 6.08 Å². The lowest BCUT2D eigenvalue weighted by molar-refractivity contribution is -0.117. The van der Waals surface area contributed by atoms with E-state index in [1.165, 1.54) is 43.7 Å². The van der Waals surface area contributed by atoms with Gasteiger partial charge in [0, 0.05) is 6.08 Å². The van der Waals surface area contributed by atoms with Crippen molar-refractivity contribution in [2.24, 2.45) is 0 Å². The smallest absolute Gasteiger partial charge is 0.273 e. The lowest BCUT2D eigenvalue weighted by Crippen LogP contribution is -2.40. The van der Waals surface area contributed by atoms with Crippen LogP contribution in [0.4, 0.5) is 0 Å². The second kappa shape index (κ2) is 7.77. The highest BCUT2D eigenvalue weighted by molar-refractivity contribution is 7.89. The zero-order chi connectivity index (χ0) is 18.4. The van der Waals surface area contributed by atoms with Gasteiger partial charge in [0.15, 0.2) is 0 Å². The van der Waals surface area contributed by atoms with Gasteiger partial charge in [-0.1, -0.05) is 12.1 Å². The van der Waals surface area contributed by atoms with Gasteiger partial charge in [0.05, 0.1) is 16.7 Å². The molecule has 0 radical (unpaired) electrons. The van der Waals surface area contributed by atoms with Crippen molar-refractivity contribution in [2.45, 2.75) is 11.8 Å². The van der Waals surface area contributed by atoms with Crippen molar-refractivity contribution in [3.63, 3.8) is 0 Å². The summed E-state index contributed by atoms with van der Waals surface area (Å²) < 4.78 is 30.4. The summed E-state index contributed by atoms with van der Waals surface area (Å²) in [4.78, 5) is 23.6. The molecular weight excluding hydrogens is 346 g/mol. The Hall–Kier alpha value is -2.91. The molecule has 132 valence electrons. The first-order valence-corrected chi connectivity index (χ1v) is 8.68. The standard InChI is InChI=1S/C16H17N3O5S/c1-11-14(9-10-24-11)16(21)19-18-15(20)8-5-12-3-6-13(7-4-12)25(22,23)17-2/h3-10,17H,1-2H3,(H,18,20)(H,19,21)/b8-5+. The summed E-state index contributed by atoms with van der Waals surface area (Å²) in [5.41, 5.74) is 5.45. The van der Waals surface area contributed by atoms with E-state index < -0.39 is 21.8 Å². The number of sulfonamides is 1. The predicted octanol–water partition coefficient (Wildman–Crippen LogP) is 0.971. The second-order valence-electron chi connectivity index (χ2n) is 4.94. The molecule has 2 amide bonds. The maximum Gasteiger partial charge on any atom is 0.273 e. The second-order valence-corrected chi connectivity index (χ2v) is 6.83. The lowest BCUT2D eigenvalue weighted by Gasteiger charge is -2.04. The van der Waals surface area contributed by atoms with Crippen LogP contribution in [0.15, 0.2) is 52.0 Å². The molecular formula is C16H17N3O5S. The fraction of sp³-hybridized carbons (Fsp3) is 0.125. The number of nitrogens with one attached hydrogen (secondary N) is 3. The number of rotatable bonds is 5. The first-order valence-electron chi connectivity index (χ1n) is 7.19. The van der Waals surface area contributed by atoms with E-state index in [-0.39, 0.29) is 4.90 Å². The van der Waals surface area contributed by atoms with Crippen LogP contribution in [0.3, 0.4) is 0 Å². The van der Waals surface area contributed by atoms with Crippen molar-refractivity contribution in [1.29, 1.82) is 0 Å². The molecule has 8 nitrogen and oxygen atoms in total. The topological polar surface area (TPSA) is 118 Å². The molecule has 0 saturated carbocycles. The molecule has 0 fully saturated rings. The van der Waals surface area contributed by atoms with Gasteiger partial charge < -0.3 is 4.42 Å². The number of carbonyl (C=O) groups excluding carboxylic acids is 2. The highest BCUT2D eigenvalue weighted by Gasteiger charge is 2.11. The first-order chi connectivity index (χ1) is 11.8. The van der Waals surface area contributed by atoms with E-state index >= 15 is 0 Å². The van der Waals surface area contributed by atoms with Crippen molar-refractivity contribution < 1.29 is 22.4 Å². The van der Waals surface area contributed by atoms with Crippen LogP contribution >= 0.6 is 0 Å². The average Bonchev–Trinajstić information content (AvgIpc) is 3.04. The summed E-state index contributed by atoms with van der Waals surface area (Å²) in [5, 5.41) is 0. The zero-order valence-corrected chi connectivity index (χ0v) is 14.4. The monoisotopic (exact) mass is 363 g/mol. The van der Waals surface area contributed by atoms with Crippen LogP contribution in [-0.4, -0.2) is 27.3 Å². The van der Waals surface area contributed by atoms with E-state index in [2.05, 4.69) is 15.6 Å². The molecule has 0 aliphatic rings. The van der Waals surface area contributed by atoms with Gasteiger partial charge in [-0.25, -0.2) is 13.1 Å². The average molecular weight is 363 g/mol. The third-order valence-electron chi connectivity index (χ3n) is 3.29. The quantitative estimate of drug-likeness (QED) is 0.540. The molecule has 1 heterocycles. The molecule has 0 unspecified atom stereocenters. The summed E-state index contributed by atoms with van der Waals surface area (Å²) >= 11 is 0. The van der Waals surface area contributed by atoms with E-state index in [0.29, 0.717) is 16.9 Å². The Balaban J connectivity index is 1.92. The molecule has 2 aromatic rings. The fourth-order valence-corrected chi connectivity index (χ4v) is 2.63. The van der Waals surface area contributed by atoms with E-state index in [0.717, 1.165) is 0 Å². The molecule has 9 heteroatoms. The zero-order valence-electron chi connectivity index (χ0n) is 13.6. The molecule has 0 spiro atoms. The van der Waals surface area contributed by atoms with Crippen LogP contribution in [0.1, 0.15) is 21.7 Å². The summed E-state index contributed by atoms with van der Waals surface area (Å²) in [6, 6.07) is 7.45. The van der Waals surface area contributed by atoms with Crippen LogP contribution in [0.2, 0.25) is 0 Å². The van der Waals surface area contributed by atoms with Gasteiger partial charge in [-0.3, -0.25) is 20.4 Å². The van der Waals surface area contributed by atoms with Gasteiger partial charge in [0.2, 0.25) is 10.0 Å². The number of aryl methyl sites for hydroxylation is 1. The maximum atomic E-state index is 11.8. The highest BCUT2D eigenvalue weighted by atomic mass is 32.2. The summed E-state index contributed by atoms with van der Waals surface area (Å²) in [6.07, 6.45) is 4.08. The molecule has 3 N–H and O–H groups in total. The third-order valence-corrected chi connectivity index (χ3v) is 4.72. The molecule has 2 rings (SSSR count). The molecule has 0 bridgehead atoms. The van der Waals surface area contributed by atoms with Crippen molar-refractivity contribution in [2.75, 3.05) is 7.05 Å². The Morgan fingerprint density at radius 1 is 1.08 bits per heavy atom. The van der Waals surface area contributed by atoms with Gasteiger partial charge in [-0.05, 0) is 43.8 Å². The van der Waals surface area contributed by atoms with E-state index in [1.54, 1.807) is 19.1 Å². The molecule has 1 aromatic heterocycles. The predicted molar refractivity (Wildman–Crippen MR) is 90.8 cm³/mol. The highest BCUT2D eigenvalue weighted by Crippen LogP contribution is 2.11. The van der Waals surface area contributed by atoms with Crippen molar-refractivity contribution in [3.8, 4) is 0 Å². The Labute approximate surface area is 144 Å². The van der Waals surface area contributed by atoms with Crippen molar-refractivity contribution in [3.05, 3.63) is 59.6 Å². The minimum Gasteiger partial charge on any atom is -0.469 e. The summed E-state index contributed by atoms with van der Waals surface area (Å²) in [5.74, 6) is -0.588. The Bertz CT molecular complexity index is 898. The van der Waals surface area contributed by atoms with Gasteiger partial charge in [-0.15, -0.1) is 0 Å². The lowest BCUT2D eigenvalue weighted by atomic mass is 10.2. The normalized spacial score (nSPS) is 11.4. The van der Waals surface area contributed by atoms with Gasteiger partial charge in [0.1, 0.15) is 5.76 Å². The van der Waals surface area contributed by atoms with Crippen molar-refractivity contribution in [1.82, 2.24) is 15.6 Å². The first kappa shape index (κ1) is 18.4. The number of hydrogen-bond donors (Lipinski definition) is 3. The molecule has 0 saturated heterocycles. The fourth-order valence-electron chi connectivity index (χ4n) is 1.90. The third kappa shape index (κ3) is 4.78. The maximum absolute atomic E-state index is 11.8. The number of hydrazine groups is 1. The van der Waals surface area contributed by atoms with Gasteiger partial charge >= 0.3 is 0 Å². The van der Waals surface area contributed by atoms with E-state index in [1.807, 2.05) is 0 Å². The van der Waals surface area contributed by atoms with Crippen LogP contribution in [0, 0.1) is 6.92 Å². The Morgan fingerprint density at radius 2 is 1.76 bits per heavy atom. The van der Waals surface area contributed by atoms with Crippen LogP contribution in [0.5, 0.6) is 0 Å². The molecule has 0 aliphatic heterocycles. The van der Waals surface area contributed by atoms with E-state index in [4.69, 9.17) is 4.42 Å². The molecule has 0 atom stereocenters. The number of benzene rings is 1. The van der Waals surface area contributed by atoms with Crippen LogP contribution in [-0.2, 0) is 14.8 Å². The van der Waals surface area contributed by atoms with Crippen LogP contribution < -0.4 is 15.6 Å². The number of furan rings is 1. The van der Waals surface area contributed by atoms with Gasteiger partial charge in [-0.2, -0.15) is 0 Å².